The average molecular weight is 455 g/mol. The Bertz CT molecular complexity index is 982. The number of rotatable bonds is 3. The Morgan fingerprint density at radius 2 is 0.970 bits per heavy atom. The molecule has 0 aliphatic heterocycles. The van der Waals surface area contributed by atoms with Gasteiger partial charge in [-0.3, -0.25) is 0 Å². The summed E-state index contributed by atoms with van der Waals surface area (Å²) in [5.74, 6) is 0.313. The maximum atomic E-state index is 11.7. The highest BCUT2D eigenvalue weighted by Gasteiger charge is 2.35. The molecule has 0 heterocycles. The van der Waals surface area contributed by atoms with Crippen molar-refractivity contribution in [3.8, 4) is 16.9 Å². The molecule has 0 aliphatic rings. The first kappa shape index (κ1) is 27.4. The average Bonchev–Trinajstić information content (AvgIpc) is 2.63. The molecule has 0 spiro atoms. The smallest absolute Gasteiger partial charge is 0.123 e. The summed E-state index contributed by atoms with van der Waals surface area (Å²) in [5.41, 5.74) is 6.60. The van der Waals surface area contributed by atoms with E-state index in [4.69, 9.17) is 0 Å². The summed E-state index contributed by atoms with van der Waals surface area (Å²) in [4.78, 5) is 0. The van der Waals surface area contributed by atoms with Crippen LogP contribution >= 0.6 is 0 Å². The fourth-order valence-corrected chi connectivity index (χ4v) is 4.69. The van der Waals surface area contributed by atoms with E-state index in [2.05, 4.69) is 95.2 Å². The van der Waals surface area contributed by atoms with E-state index in [1.807, 2.05) is 6.07 Å². The first-order valence-corrected chi connectivity index (χ1v) is 12.0. The predicted octanol–water partition coefficient (Wildman–Crippen LogP) is 7.23. The third-order valence-electron chi connectivity index (χ3n) is 6.36. The molecule has 184 valence electrons. The van der Waals surface area contributed by atoms with Crippen molar-refractivity contribution in [1.29, 1.82) is 0 Å². The maximum absolute atomic E-state index is 11.7. The molecule has 3 nitrogen and oxygen atoms in total. The summed E-state index contributed by atoms with van der Waals surface area (Å²) in [7, 11) is 0. The number of phenolic OH excluding ortho intramolecular Hbond substituents is 1. The second-order valence-electron chi connectivity index (χ2n) is 13.6. The summed E-state index contributed by atoms with van der Waals surface area (Å²) in [6.07, 6.45) is 0. The topological polar surface area (TPSA) is 60.7 Å². The molecule has 0 saturated carbocycles. The third-order valence-corrected chi connectivity index (χ3v) is 6.36. The molecule has 33 heavy (non-hydrogen) atoms. The highest BCUT2D eigenvalue weighted by Crippen LogP contribution is 2.51. The molecular formula is C30H46O3. The Balaban J connectivity index is 3.30. The van der Waals surface area contributed by atoms with E-state index < -0.39 is 0 Å². The fourth-order valence-electron chi connectivity index (χ4n) is 4.69. The van der Waals surface area contributed by atoms with E-state index in [9.17, 15) is 15.3 Å². The number of benzene rings is 2. The zero-order valence-electron chi connectivity index (χ0n) is 23.0. The zero-order valence-corrected chi connectivity index (χ0v) is 23.0. The van der Waals surface area contributed by atoms with Crippen molar-refractivity contribution in [1.82, 2.24) is 0 Å². The lowest BCUT2D eigenvalue weighted by Gasteiger charge is -2.36. The van der Waals surface area contributed by atoms with Crippen LogP contribution in [0, 0.1) is 0 Å². The Morgan fingerprint density at radius 3 is 1.27 bits per heavy atom. The van der Waals surface area contributed by atoms with Gasteiger partial charge in [0.2, 0.25) is 0 Å². The van der Waals surface area contributed by atoms with Crippen molar-refractivity contribution in [2.24, 2.45) is 0 Å². The monoisotopic (exact) mass is 454 g/mol. The molecule has 0 unspecified atom stereocenters. The quantitative estimate of drug-likeness (QED) is 0.458. The van der Waals surface area contributed by atoms with Crippen LogP contribution in [0.25, 0.3) is 11.1 Å². The van der Waals surface area contributed by atoms with Gasteiger partial charge in [0.05, 0.1) is 13.2 Å². The van der Waals surface area contributed by atoms with Crippen molar-refractivity contribution < 1.29 is 15.3 Å². The molecule has 3 N–H and O–H groups in total. The van der Waals surface area contributed by atoms with Crippen molar-refractivity contribution in [2.45, 2.75) is 118 Å². The second kappa shape index (κ2) is 8.74. The van der Waals surface area contributed by atoms with E-state index in [-0.39, 0.29) is 34.9 Å². The Labute approximate surface area is 201 Å². The normalized spacial score (nSPS) is 13.5. The molecular weight excluding hydrogens is 408 g/mol. The number of phenols is 1. The van der Waals surface area contributed by atoms with Crippen molar-refractivity contribution in [3.05, 3.63) is 51.6 Å². The first-order chi connectivity index (χ1) is 14.7. The number of aliphatic hydroxyl groups excluding tert-OH is 2. The molecule has 0 saturated heterocycles. The molecule has 0 aliphatic carbocycles. The third kappa shape index (κ3) is 5.46. The molecule has 2 rings (SSSR count). The van der Waals surface area contributed by atoms with Crippen LogP contribution in [0.3, 0.4) is 0 Å². The van der Waals surface area contributed by atoms with Crippen molar-refractivity contribution in [3.63, 3.8) is 0 Å². The molecule has 0 atom stereocenters. The Kier molecular flexibility index (Phi) is 7.26. The van der Waals surface area contributed by atoms with E-state index in [0.29, 0.717) is 5.75 Å². The van der Waals surface area contributed by atoms with Crippen LogP contribution in [0.2, 0.25) is 0 Å². The van der Waals surface area contributed by atoms with Gasteiger partial charge in [-0.2, -0.15) is 0 Å². The van der Waals surface area contributed by atoms with E-state index >= 15 is 0 Å². The van der Waals surface area contributed by atoms with E-state index in [1.54, 1.807) is 0 Å². The minimum atomic E-state index is -0.357. The summed E-state index contributed by atoms with van der Waals surface area (Å²) < 4.78 is 0. The molecule has 0 aromatic heterocycles. The van der Waals surface area contributed by atoms with Crippen molar-refractivity contribution >= 4 is 0 Å². The predicted molar refractivity (Wildman–Crippen MR) is 140 cm³/mol. The molecule has 3 heteroatoms. The highest BCUT2D eigenvalue weighted by molar-refractivity contribution is 5.83. The lowest BCUT2D eigenvalue weighted by atomic mass is 9.68. The number of hydrogen-bond donors (Lipinski definition) is 3. The standard InChI is InChI=1S/C30H46O3/c1-27(2,3)20-13-18(16-31)14-21(28(4,5)6)24(20)23-19(17-32)15-22(29(7,8)9)26(33)25(23)30(10,11)12/h13-15,31-33H,16-17H2,1-12H3. The van der Waals surface area contributed by atoms with E-state index in [1.165, 1.54) is 0 Å². The number of hydrogen-bond acceptors (Lipinski definition) is 3. The molecule has 0 fully saturated rings. The molecule has 2 aromatic carbocycles. The molecule has 2 aromatic rings. The van der Waals surface area contributed by atoms with Crippen LogP contribution in [0.5, 0.6) is 5.75 Å². The maximum Gasteiger partial charge on any atom is 0.123 e. The van der Waals surface area contributed by atoms with Gasteiger partial charge in [0.15, 0.2) is 0 Å². The minimum absolute atomic E-state index is 0.0281. The fraction of sp³-hybridized carbons (Fsp3) is 0.600. The molecule has 0 amide bonds. The zero-order chi connectivity index (χ0) is 25.7. The van der Waals surface area contributed by atoms with E-state index in [0.717, 1.165) is 44.5 Å². The van der Waals surface area contributed by atoms with Gasteiger partial charge in [-0.25, -0.2) is 0 Å². The summed E-state index contributed by atoms with van der Waals surface area (Å²) >= 11 is 0. The van der Waals surface area contributed by atoms with Gasteiger partial charge in [-0.1, -0.05) is 95.2 Å². The lowest BCUT2D eigenvalue weighted by Crippen LogP contribution is -2.24. The van der Waals surface area contributed by atoms with Crippen LogP contribution in [-0.2, 0) is 34.9 Å². The largest absolute Gasteiger partial charge is 0.507 e. The molecule has 0 bridgehead atoms. The minimum Gasteiger partial charge on any atom is -0.507 e. The van der Waals surface area contributed by atoms with Crippen LogP contribution in [0.4, 0.5) is 0 Å². The molecule has 0 radical (unpaired) electrons. The second-order valence-corrected chi connectivity index (χ2v) is 13.6. The van der Waals surface area contributed by atoms with Crippen LogP contribution in [-0.4, -0.2) is 15.3 Å². The summed E-state index contributed by atoms with van der Waals surface area (Å²) in [5, 5.41) is 32.4. The van der Waals surface area contributed by atoms with Gasteiger partial charge in [0.1, 0.15) is 5.75 Å². The van der Waals surface area contributed by atoms with Gasteiger partial charge < -0.3 is 15.3 Å². The van der Waals surface area contributed by atoms with Gasteiger partial charge in [0, 0.05) is 5.56 Å². The number of aliphatic hydroxyl groups is 2. The first-order valence-electron chi connectivity index (χ1n) is 12.0. The van der Waals surface area contributed by atoms with Gasteiger partial charge in [-0.05, 0) is 66.7 Å². The van der Waals surface area contributed by atoms with Crippen LogP contribution in [0.15, 0.2) is 18.2 Å². The van der Waals surface area contributed by atoms with Crippen molar-refractivity contribution in [2.75, 3.05) is 0 Å². The van der Waals surface area contributed by atoms with Crippen LogP contribution < -0.4 is 0 Å². The summed E-state index contributed by atoms with van der Waals surface area (Å²) in [6, 6.07) is 6.17. The SMILES string of the molecule is CC(C)(C)c1cc(CO)c(-c2c(C(C)(C)C)cc(CO)cc2C(C)(C)C)c(C(C)(C)C)c1O. The lowest BCUT2D eigenvalue weighted by molar-refractivity contribution is 0.280. The highest BCUT2D eigenvalue weighted by atomic mass is 16.3. The van der Waals surface area contributed by atoms with Gasteiger partial charge >= 0.3 is 0 Å². The van der Waals surface area contributed by atoms with Gasteiger partial charge in [0.25, 0.3) is 0 Å². The van der Waals surface area contributed by atoms with Gasteiger partial charge in [-0.15, -0.1) is 0 Å². The number of aromatic hydroxyl groups is 1. The summed E-state index contributed by atoms with van der Waals surface area (Å²) in [6.45, 7) is 25.6. The van der Waals surface area contributed by atoms with Crippen LogP contribution in [0.1, 0.15) is 116 Å². The Morgan fingerprint density at radius 1 is 0.545 bits per heavy atom. The Hall–Kier alpha value is -1.84.